The second-order valence-corrected chi connectivity index (χ2v) is 3.59. The lowest BCUT2D eigenvalue weighted by Crippen LogP contribution is -1.96. The number of ether oxygens (including phenoxy) is 1. The highest BCUT2D eigenvalue weighted by molar-refractivity contribution is 5.74. The van der Waals surface area contributed by atoms with Crippen LogP contribution in [0, 0.1) is 5.82 Å². The predicted molar refractivity (Wildman–Crippen MR) is 64.5 cm³/mol. The molecule has 0 saturated heterocycles. The number of hydrogen-bond acceptors (Lipinski definition) is 3. The summed E-state index contributed by atoms with van der Waals surface area (Å²) in [7, 11) is 1.42. The zero-order chi connectivity index (χ0) is 12.4. The van der Waals surface area contributed by atoms with Crippen molar-refractivity contribution in [2.45, 2.75) is 0 Å². The fourth-order valence-corrected chi connectivity index (χ4v) is 1.63. The summed E-state index contributed by atoms with van der Waals surface area (Å²) in [6.07, 6.45) is 0. The fourth-order valence-electron chi connectivity index (χ4n) is 1.63. The Kier molecular flexibility index (Phi) is 2.87. The number of rotatable bonds is 2. The van der Waals surface area contributed by atoms with Gasteiger partial charge in [-0.1, -0.05) is 18.2 Å². The number of anilines is 1. The average molecular weight is 233 g/mol. The Morgan fingerprint density at radius 1 is 1.24 bits per heavy atom. The van der Waals surface area contributed by atoms with Crippen molar-refractivity contribution < 1.29 is 14.2 Å². The Morgan fingerprint density at radius 3 is 2.59 bits per heavy atom. The van der Waals surface area contributed by atoms with Gasteiger partial charge in [0.1, 0.15) is 17.2 Å². The van der Waals surface area contributed by atoms with Gasteiger partial charge in [-0.2, -0.15) is 0 Å². The third kappa shape index (κ3) is 2.01. The van der Waals surface area contributed by atoms with Crippen LogP contribution in [-0.4, -0.2) is 12.2 Å². The van der Waals surface area contributed by atoms with Crippen molar-refractivity contribution in [3.05, 3.63) is 42.2 Å². The zero-order valence-electron chi connectivity index (χ0n) is 9.27. The molecule has 0 aliphatic carbocycles. The van der Waals surface area contributed by atoms with E-state index in [-0.39, 0.29) is 17.2 Å². The highest BCUT2D eigenvalue weighted by atomic mass is 19.1. The van der Waals surface area contributed by atoms with Gasteiger partial charge in [0.25, 0.3) is 0 Å². The van der Waals surface area contributed by atoms with Crippen molar-refractivity contribution in [1.82, 2.24) is 0 Å². The number of phenolic OH excluding ortho intramolecular Hbond substituents is 1. The second kappa shape index (κ2) is 4.33. The number of methoxy groups -OCH3 is 1. The minimum Gasteiger partial charge on any atom is -0.507 e. The Balaban J connectivity index is 2.61. The lowest BCUT2D eigenvalue weighted by Gasteiger charge is -2.10. The predicted octanol–water partition coefficient (Wildman–Crippen LogP) is 2.79. The normalized spacial score (nSPS) is 10.2. The lowest BCUT2D eigenvalue weighted by atomic mass is 10.0. The number of nitrogen functional groups attached to an aromatic ring is 1. The summed E-state index contributed by atoms with van der Waals surface area (Å²) in [6, 6.07) is 9.55. The maximum absolute atomic E-state index is 13.6. The maximum atomic E-state index is 13.6. The highest BCUT2D eigenvalue weighted by Gasteiger charge is 2.11. The van der Waals surface area contributed by atoms with Crippen LogP contribution >= 0.6 is 0 Å². The quantitative estimate of drug-likeness (QED) is 0.784. The van der Waals surface area contributed by atoms with Crippen LogP contribution in [0.25, 0.3) is 11.1 Å². The van der Waals surface area contributed by atoms with Crippen molar-refractivity contribution in [3.63, 3.8) is 0 Å². The SMILES string of the molecule is COc1cc(-c2ccccc2O)cc(F)c1N. The molecule has 2 aromatic carbocycles. The van der Waals surface area contributed by atoms with E-state index in [2.05, 4.69) is 0 Å². The molecule has 3 N–H and O–H groups in total. The average Bonchev–Trinajstić information content (AvgIpc) is 2.33. The molecule has 0 amide bonds. The van der Waals surface area contributed by atoms with Crippen LogP contribution in [0.5, 0.6) is 11.5 Å². The van der Waals surface area contributed by atoms with Crippen molar-refractivity contribution in [3.8, 4) is 22.6 Å². The molecule has 88 valence electrons. The molecule has 0 radical (unpaired) electrons. The van der Waals surface area contributed by atoms with E-state index >= 15 is 0 Å². The molecule has 17 heavy (non-hydrogen) atoms. The number of halogens is 1. The van der Waals surface area contributed by atoms with E-state index in [4.69, 9.17) is 10.5 Å². The molecule has 0 spiro atoms. The maximum Gasteiger partial charge on any atom is 0.150 e. The van der Waals surface area contributed by atoms with Gasteiger partial charge in [-0.3, -0.25) is 0 Å². The Bertz CT molecular complexity index is 555. The second-order valence-electron chi connectivity index (χ2n) is 3.59. The molecule has 4 heteroatoms. The van der Waals surface area contributed by atoms with E-state index in [0.717, 1.165) is 0 Å². The van der Waals surface area contributed by atoms with Crippen LogP contribution in [0.4, 0.5) is 10.1 Å². The summed E-state index contributed by atoms with van der Waals surface area (Å²) in [4.78, 5) is 0. The summed E-state index contributed by atoms with van der Waals surface area (Å²) in [6.45, 7) is 0. The number of benzene rings is 2. The number of phenols is 1. The van der Waals surface area contributed by atoms with Gasteiger partial charge < -0.3 is 15.6 Å². The van der Waals surface area contributed by atoms with E-state index < -0.39 is 5.82 Å². The molecular formula is C13H12FNO2. The van der Waals surface area contributed by atoms with Crippen molar-refractivity contribution in [1.29, 1.82) is 0 Å². The van der Waals surface area contributed by atoms with Crippen LogP contribution in [0.15, 0.2) is 36.4 Å². The van der Waals surface area contributed by atoms with Gasteiger partial charge >= 0.3 is 0 Å². The van der Waals surface area contributed by atoms with Crippen LogP contribution < -0.4 is 10.5 Å². The van der Waals surface area contributed by atoms with E-state index in [1.807, 2.05) is 0 Å². The molecule has 0 atom stereocenters. The highest BCUT2D eigenvalue weighted by Crippen LogP contribution is 2.35. The van der Waals surface area contributed by atoms with Gasteiger partial charge in [0.05, 0.1) is 7.11 Å². The summed E-state index contributed by atoms with van der Waals surface area (Å²) in [5.41, 5.74) is 6.53. The number of hydrogen-bond donors (Lipinski definition) is 2. The van der Waals surface area contributed by atoms with E-state index in [0.29, 0.717) is 11.1 Å². The molecule has 0 aliphatic heterocycles. The van der Waals surface area contributed by atoms with E-state index in [1.165, 1.54) is 19.2 Å². The smallest absolute Gasteiger partial charge is 0.150 e. The number of para-hydroxylation sites is 1. The Morgan fingerprint density at radius 2 is 1.94 bits per heavy atom. The first-order chi connectivity index (χ1) is 8.13. The number of nitrogens with two attached hydrogens (primary N) is 1. The lowest BCUT2D eigenvalue weighted by molar-refractivity contribution is 0.414. The van der Waals surface area contributed by atoms with E-state index in [1.54, 1.807) is 24.3 Å². The van der Waals surface area contributed by atoms with E-state index in [9.17, 15) is 9.50 Å². The van der Waals surface area contributed by atoms with Crippen LogP contribution in [0.2, 0.25) is 0 Å². The molecular weight excluding hydrogens is 221 g/mol. The molecule has 0 bridgehead atoms. The zero-order valence-corrected chi connectivity index (χ0v) is 9.27. The van der Waals surface area contributed by atoms with Crippen LogP contribution in [-0.2, 0) is 0 Å². The topological polar surface area (TPSA) is 55.5 Å². The summed E-state index contributed by atoms with van der Waals surface area (Å²) >= 11 is 0. The molecule has 3 nitrogen and oxygen atoms in total. The summed E-state index contributed by atoms with van der Waals surface area (Å²) in [5, 5.41) is 9.69. The molecule has 0 unspecified atom stereocenters. The molecule has 0 aromatic heterocycles. The first-order valence-corrected chi connectivity index (χ1v) is 5.05. The van der Waals surface area contributed by atoms with Gasteiger partial charge in [0, 0.05) is 5.56 Å². The minimum atomic E-state index is -0.567. The molecule has 0 fully saturated rings. The molecule has 0 saturated carbocycles. The van der Waals surface area contributed by atoms with Gasteiger partial charge in [-0.15, -0.1) is 0 Å². The van der Waals surface area contributed by atoms with Crippen LogP contribution in [0.3, 0.4) is 0 Å². The Hall–Kier alpha value is -2.23. The fraction of sp³-hybridized carbons (Fsp3) is 0.0769. The minimum absolute atomic E-state index is 0.0355. The molecule has 2 rings (SSSR count). The van der Waals surface area contributed by atoms with Crippen LogP contribution in [0.1, 0.15) is 0 Å². The monoisotopic (exact) mass is 233 g/mol. The first-order valence-electron chi connectivity index (χ1n) is 5.05. The molecule has 2 aromatic rings. The standard InChI is InChI=1S/C13H12FNO2/c1-17-12-7-8(6-10(14)13(12)15)9-4-2-3-5-11(9)16/h2-7,16H,15H2,1H3. The number of aromatic hydroxyl groups is 1. The molecule has 0 heterocycles. The van der Waals surface area contributed by atoms with Crippen molar-refractivity contribution in [2.24, 2.45) is 0 Å². The Labute approximate surface area is 98.3 Å². The summed E-state index contributed by atoms with van der Waals surface area (Å²) < 4.78 is 18.5. The third-order valence-corrected chi connectivity index (χ3v) is 2.53. The molecule has 0 aliphatic rings. The van der Waals surface area contributed by atoms with Gasteiger partial charge in [-0.25, -0.2) is 4.39 Å². The van der Waals surface area contributed by atoms with Gasteiger partial charge in [0.15, 0.2) is 5.82 Å². The van der Waals surface area contributed by atoms with Gasteiger partial charge in [0.2, 0.25) is 0 Å². The third-order valence-electron chi connectivity index (χ3n) is 2.53. The van der Waals surface area contributed by atoms with Crippen molar-refractivity contribution >= 4 is 5.69 Å². The van der Waals surface area contributed by atoms with Gasteiger partial charge in [-0.05, 0) is 23.8 Å². The van der Waals surface area contributed by atoms with Crippen molar-refractivity contribution in [2.75, 3.05) is 12.8 Å². The largest absolute Gasteiger partial charge is 0.507 e. The summed E-state index contributed by atoms with van der Waals surface area (Å²) in [5.74, 6) is -0.232. The first kappa shape index (κ1) is 11.3.